The monoisotopic (exact) mass is 131 g/mol. The average Bonchev–Trinajstić information content (AvgIpc) is 1.00. The van der Waals surface area contributed by atoms with Crippen molar-refractivity contribution in [3.05, 3.63) is 0 Å². The van der Waals surface area contributed by atoms with Gasteiger partial charge in [-0.05, 0) is 0 Å². The summed E-state index contributed by atoms with van der Waals surface area (Å²) in [7, 11) is 1.72. The Balaban J connectivity index is -0.00000000167. The van der Waals surface area contributed by atoms with Gasteiger partial charge in [-0.25, -0.2) is 0 Å². The molecule has 1 nitrogen and oxygen atoms in total. The summed E-state index contributed by atoms with van der Waals surface area (Å²) < 4.78 is 8.06. The SMILES string of the molecule is O=P.[Co].[H-].[Na+]. The van der Waals surface area contributed by atoms with E-state index in [2.05, 4.69) is 0 Å². The summed E-state index contributed by atoms with van der Waals surface area (Å²) >= 11 is 0. The molecule has 0 aromatic rings. The van der Waals surface area contributed by atoms with E-state index in [1.54, 1.807) is 9.12 Å². The zero-order valence-corrected chi connectivity index (χ0v) is 6.28. The van der Waals surface area contributed by atoms with Crippen LogP contribution < -0.4 is 29.6 Å². The zero-order chi connectivity index (χ0) is 2.00. The Morgan fingerprint density at radius 1 is 1.50 bits per heavy atom. The maximum Gasteiger partial charge on any atom is 1.00 e. The molecule has 0 aromatic carbocycles. The maximum absolute atomic E-state index is 8.06. The van der Waals surface area contributed by atoms with Crippen LogP contribution in [0.5, 0.6) is 0 Å². The van der Waals surface area contributed by atoms with Crippen molar-refractivity contribution in [2.24, 2.45) is 0 Å². The van der Waals surface area contributed by atoms with Crippen molar-refractivity contribution in [1.82, 2.24) is 0 Å². The molecule has 4 heteroatoms. The Kier molecular flexibility index (Phi) is 102. The van der Waals surface area contributed by atoms with Gasteiger partial charge >= 0.3 is 29.6 Å². The average molecular weight is 131 g/mol. The van der Waals surface area contributed by atoms with Gasteiger partial charge in [0.15, 0.2) is 0 Å². The molecule has 0 amide bonds. The minimum atomic E-state index is 0. The molecule has 0 fully saturated rings. The molecule has 0 bridgehead atoms. The van der Waals surface area contributed by atoms with Gasteiger partial charge in [0.1, 0.15) is 9.12 Å². The third kappa shape index (κ3) is 9.49. The molecule has 0 spiro atoms. The molecule has 0 saturated carbocycles. The van der Waals surface area contributed by atoms with E-state index in [1.807, 2.05) is 0 Å². The van der Waals surface area contributed by atoms with Crippen LogP contribution in [0, 0.1) is 0 Å². The molecule has 23 valence electrons. The molecule has 0 N–H and O–H groups in total. The minimum Gasteiger partial charge on any atom is -1.00 e. The van der Waals surface area contributed by atoms with Crippen LogP contribution in [0.25, 0.3) is 0 Å². The summed E-state index contributed by atoms with van der Waals surface area (Å²) in [5.41, 5.74) is 0. The fourth-order valence-corrected chi connectivity index (χ4v) is 0. The van der Waals surface area contributed by atoms with Crippen molar-refractivity contribution < 1.29 is 52.3 Å². The molecule has 0 saturated heterocycles. The van der Waals surface area contributed by atoms with Gasteiger partial charge in [0, 0.05) is 16.8 Å². The van der Waals surface area contributed by atoms with Crippen LogP contribution in [-0.4, -0.2) is 0 Å². The summed E-state index contributed by atoms with van der Waals surface area (Å²) in [6.07, 6.45) is 0. The van der Waals surface area contributed by atoms with Crippen molar-refractivity contribution in [3.8, 4) is 0 Å². The van der Waals surface area contributed by atoms with Gasteiger partial charge in [-0.15, -0.1) is 0 Å². The summed E-state index contributed by atoms with van der Waals surface area (Å²) in [6, 6.07) is 0. The largest absolute Gasteiger partial charge is 1.00 e. The first kappa shape index (κ1) is 17.5. The standard InChI is InChI=1S/Co.Na.HOP.H/c;;1-2;/h;;2H;/q;+1;;-1. The number of hydrogen-bond donors (Lipinski definition) is 0. The first-order chi connectivity index (χ1) is 1.00. The van der Waals surface area contributed by atoms with Crippen molar-refractivity contribution in [1.29, 1.82) is 0 Å². The van der Waals surface area contributed by atoms with E-state index in [0.717, 1.165) is 0 Å². The molecule has 0 aliphatic carbocycles. The van der Waals surface area contributed by atoms with Gasteiger partial charge in [0.25, 0.3) is 0 Å². The van der Waals surface area contributed by atoms with Crippen molar-refractivity contribution in [2.45, 2.75) is 0 Å². The molecule has 1 radical (unpaired) electrons. The van der Waals surface area contributed by atoms with Gasteiger partial charge < -0.3 is 1.43 Å². The fraction of sp³-hybridized carbons (Fsp3) is 0. The molecule has 0 aromatic heterocycles. The van der Waals surface area contributed by atoms with E-state index < -0.39 is 0 Å². The molecule has 0 heterocycles. The molecule has 4 heavy (non-hydrogen) atoms. The van der Waals surface area contributed by atoms with Crippen LogP contribution in [0.4, 0.5) is 0 Å². The summed E-state index contributed by atoms with van der Waals surface area (Å²) in [5.74, 6) is 0. The van der Waals surface area contributed by atoms with Gasteiger partial charge in [0.05, 0.1) is 0 Å². The van der Waals surface area contributed by atoms with Crippen LogP contribution >= 0.6 is 9.12 Å². The van der Waals surface area contributed by atoms with E-state index in [-0.39, 0.29) is 47.8 Å². The minimum absolute atomic E-state index is 0. The normalized spacial score (nSPS) is 1.00. The van der Waals surface area contributed by atoms with Crippen molar-refractivity contribution in [3.63, 3.8) is 0 Å². The smallest absolute Gasteiger partial charge is 1.00 e. The first-order valence-electron chi connectivity index (χ1n) is 0.204. The van der Waals surface area contributed by atoms with Crippen molar-refractivity contribution >= 4 is 9.12 Å². The Hall–Kier alpha value is 1.61. The second kappa shape index (κ2) is 23.2. The van der Waals surface area contributed by atoms with Gasteiger partial charge in [-0.3, -0.25) is 4.57 Å². The molecule has 0 unspecified atom stereocenters. The predicted octanol–water partition coefficient (Wildman–Crippen LogP) is -2.41. The number of hydrogen-bond acceptors (Lipinski definition) is 1. The summed E-state index contributed by atoms with van der Waals surface area (Å²) in [5, 5.41) is 0. The predicted molar refractivity (Wildman–Crippen MR) is 10.1 cm³/mol. The fourth-order valence-electron chi connectivity index (χ4n) is 0. The molecule has 0 aliphatic rings. The molecular weight excluding hydrogens is 129 g/mol. The van der Waals surface area contributed by atoms with E-state index in [0.29, 0.717) is 0 Å². The van der Waals surface area contributed by atoms with Crippen LogP contribution in [0.15, 0.2) is 0 Å². The van der Waals surface area contributed by atoms with Crippen LogP contribution in [0.1, 0.15) is 1.43 Å². The second-order valence-electron chi connectivity index (χ2n) is 0. The van der Waals surface area contributed by atoms with E-state index in [1.165, 1.54) is 0 Å². The third-order valence-electron chi connectivity index (χ3n) is 0. The Labute approximate surface area is 61.1 Å². The van der Waals surface area contributed by atoms with E-state index >= 15 is 0 Å². The Morgan fingerprint density at radius 3 is 1.50 bits per heavy atom. The first-order valence-corrected chi connectivity index (χ1v) is 0.612. The quantitative estimate of drug-likeness (QED) is 0.264. The maximum atomic E-state index is 8.06. The molecule has 0 rings (SSSR count). The van der Waals surface area contributed by atoms with Crippen LogP contribution in [0.3, 0.4) is 0 Å². The van der Waals surface area contributed by atoms with Crippen LogP contribution in [-0.2, 0) is 21.3 Å². The van der Waals surface area contributed by atoms with Gasteiger partial charge in [0.2, 0.25) is 0 Å². The van der Waals surface area contributed by atoms with E-state index in [4.69, 9.17) is 4.57 Å². The molecular formula is H2CoNaOP. The Bertz CT molecular complexity index is 11.6. The Morgan fingerprint density at radius 2 is 1.50 bits per heavy atom. The summed E-state index contributed by atoms with van der Waals surface area (Å²) in [6.45, 7) is 0. The number of rotatable bonds is 0. The van der Waals surface area contributed by atoms with Crippen molar-refractivity contribution in [2.75, 3.05) is 0 Å². The van der Waals surface area contributed by atoms with E-state index in [9.17, 15) is 0 Å². The zero-order valence-electron chi connectivity index (χ0n) is 3.24. The topological polar surface area (TPSA) is 17.1 Å². The molecule has 0 aliphatic heterocycles. The summed E-state index contributed by atoms with van der Waals surface area (Å²) in [4.78, 5) is 0. The van der Waals surface area contributed by atoms with Gasteiger partial charge in [-0.1, -0.05) is 0 Å². The third-order valence-corrected chi connectivity index (χ3v) is 0. The molecule has 0 atom stereocenters. The van der Waals surface area contributed by atoms with Crippen LogP contribution in [0.2, 0.25) is 0 Å². The second-order valence-corrected chi connectivity index (χ2v) is 0. The van der Waals surface area contributed by atoms with Gasteiger partial charge in [-0.2, -0.15) is 0 Å².